The number of carbonyl (C=O) groups excluding carboxylic acids is 1. The number of nitrogens with zero attached hydrogens (tertiary/aromatic N) is 1. The molecule has 168 valence electrons. The fourth-order valence-corrected chi connectivity index (χ4v) is 4.66. The average Bonchev–Trinajstić information content (AvgIpc) is 2.81. The Bertz CT molecular complexity index is 1070. The van der Waals surface area contributed by atoms with Gasteiger partial charge in [0.05, 0.1) is 12.7 Å². The summed E-state index contributed by atoms with van der Waals surface area (Å²) in [6.07, 6.45) is 2.40. The van der Waals surface area contributed by atoms with Crippen molar-refractivity contribution in [2.45, 2.75) is 51.2 Å². The van der Waals surface area contributed by atoms with E-state index in [1.165, 1.54) is 33.4 Å². The number of benzene rings is 3. The third kappa shape index (κ3) is 5.10. The first-order chi connectivity index (χ1) is 15.5. The molecule has 1 amide bonds. The maximum Gasteiger partial charge on any atom is 0.137 e. The Morgan fingerprint density at radius 1 is 1.16 bits per heavy atom. The van der Waals surface area contributed by atoms with Crippen LogP contribution in [0.2, 0.25) is 0 Å². The summed E-state index contributed by atoms with van der Waals surface area (Å²) in [5.74, 6) is -0.277. The van der Waals surface area contributed by atoms with Crippen LogP contribution in [0.25, 0.3) is 10.8 Å². The first-order valence-electron chi connectivity index (χ1n) is 11.4. The third-order valence-corrected chi connectivity index (χ3v) is 6.39. The molecule has 32 heavy (non-hydrogen) atoms. The van der Waals surface area contributed by atoms with E-state index in [1.807, 2.05) is 6.07 Å². The van der Waals surface area contributed by atoms with E-state index in [-0.39, 0.29) is 24.4 Å². The van der Waals surface area contributed by atoms with Crippen LogP contribution in [0.3, 0.4) is 0 Å². The molecule has 0 bridgehead atoms. The summed E-state index contributed by atoms with van der Waals surface area (Å²) in [6.45, 7) is 3.23. The Labute approximate surface area is 188 Å². The number of ether oxygens (including phenoxy) is 1. The van der Waals surface area contributed by atoms with Crippen LogP contribution in [0.5, 0.6) is 0 Å². The number of carbonyl (C=O) groups is 1. The predicted octanol–water partition coefficient (Wildman–Crippen LogP) is 5.04. The zero-order valence-corrected chi connectivity index (χ0v) is 18.4. The van der Waals surface area contributed by atoms with Crippen LogP contribution in [0.4, 0.5) is 9.18 Å². The second-order valence-electron chi connectivity index (χ2n) is 8.59. The van der Waals surface area contributed by atoms with E-state index in [2.05, 4.69) is 37.3 Å². The van der Waals surface area contributed by atoms with Gasteiger partial charge in [0.25, 0.3) is 0 Å². The van der Waals surface area contributed by atoms with Crippen molar-refractivity contribution in [2.24, 2.45) is 0 Å². The Hall–Kier alpha value is -2.92. The SMILES string of the molecule is CCCCc1cc(COC2CN(C(=O)[O-])CCC2c2ccc(F)cc2)cc2ccccc12. The van der Waals surface area contributed by atoms with Crippen molar-refractivity contribution in [3.63, 3.8) is 0 Å². The normalized spacial score (nSPS) is 18.8. The molecule has 0 N–H and O–H groups in total. The Morgan fingerprint density at radius 2 is 1.94 bits per heavy atom. The number of carboxylic acid groups (broad SMARTS) is 1. The largest absolute Gasteiger partial charge is 0.530 e. The molecule has 1 saturated heterocycles. The molecule has 1 heterocycles. The summed E-state index contributed by atoms with van der Waals surface area (Å²) in [5.41, 5.74) is 3.37. The van der Waals surface area contributed by atoms with Gasteiger partial charge in [0.2, 0.25) is 0 Å². The van der Waals surface area contributed by atoms with Crippen LogP contribution in [0.15, 0.2) is 60.7 Å². The second-order valence-corrected chi connectivity index (χ2v) is 8.59. The minimum absolute atomic E-state index is 0.00576. The molecule has 1 aliphatic rings. The molecule has 2 unspecified atom stereocenters. The van der Waals surface area contributed by atoms with Crippen molar-refractivity contribution < 1.29 is 19.0 Å². The Morgan fingerprint density at radius 3 is 2.69 bits per heavy atom. The number of rotatable bonds is 7. The van der Waals surface area contributed by atoms with Gasteiger partial charge in [-0.1, -0.05) is 55.8 Å². The molecular formula is C27H29FNO3-. The Kier molecular flexibility index (Phi) is 7.05. The topological polar surface area (TPSA) is 52.6 Å². The number of hydrogen-bond acceptors (Lipinski definition) is 3. The van der Waals surface area contributed by atoms with Crippen molar-refractivity contribution in [3.05, 3.63) is 83.2 Å². The van der Waals surface area contributed by atoms with E-state index in [9.17, 15) is 14.3 Å². The van der Waals surface area contributed by atoms with Gasteiger partial charge in [0, 0.05) is 19.0 Å². The standard InChI is InChI=1S/C27H30FNO3/c1-2-3-6-21-15-19(16-22-7-4-5-8-24(21)22)18-32-26-17-29(27(30)31)14-13-25(26)20-9-11-23(28)12-10-20/h4-5,7-12,15-16,25-26H,2-3,6,13-14,17-18H2,1H3,(H,30,31)/p-1. The molecule has 0 radical (unpaired) electrons. The minimum atomic E-state index is -1.18. The molecule has 1 fully saturated rings. The summed E-state index contributed by atoms with van der Waals surface area (Å²) >= 11 is 0. The van der Waals surface area contributed by atoms with Gasteiger partial charge >= 0.3 is 0 Å². The lowest BCUT2D eigenvalue weighted by Crippen LogP contribution is -2.51. The highest BCUT2D eigenvalue weighted by Crippen LogP contribution is 2.32. The third-order valence-electron chi connectivity index (χ3n) is 6.39. The molecule has 0 aromatic heterocycles. The van der Waals surface area contributed by atoms with Crippen molar-refractivity contribution >= 4 is 16.9 Å². The Balaban J connectivity index is 1.56. The number of fused-ring (bicyclic) bond motifs is 1. The van der Waals surface area contributed by atoms with Gasteiger partial charge in [-0.3, -0.25) is 0 Å². The van der Waals surface area contributed by atoms with Gasteiger partial charge in [0.15, 0.2) is 0 Å². The van der Waals surface area contributed by atoms with E-state index in [0.717, 1.165) is 30.4 Å². The summed E-state index contributed by atoms with van der Waals surface area (Å²) < 4.78 is 19.7. The zero-order chi connectivity index (χ0) is 22.5. The van der Waals surface area contributed by atoms with Crippen LogP contribution < -0.4 is 5.11 Å². The lowest BCUT2D eigenvalue weighted by Gasteiger charge is -2.40. The van der Waals surface area contributed by atoms with Crippen molar-refractivity contribution in [1.29, 1.82) is 0 Å². The van der Waals surface area contributed by atoms with Gasteiger partial charge in [-0.15, -0.1) is 0 Å². The van der Waals surface area contributed by atoms with Gasteiger partial charge in [0.1, 0.15) is 11.9 Å². The van der Waals surface area contributed by atoms with Crippen LogP contribution in [-0.2, 0) is 17.8 Å². The number of piperidine rings is 1. The smallest absolute Gasteiger partial charge is 0.137 e. The highest BCUT2D eigenvalue weighted by molar-refractivity contribution is 5.86. The quantitative estimate of drug-likeness (QED) is 0.524. The first-order valence-corrected chi connectivity index (χ1v) is 11.4. The van der Waals surface area contributed by atoms with E-state index >= 15 is 0 Å². The average molecular weight is 435 g/mol. The molecule has 4 rings (SSSR count). The van der Waals surface area contributed by atoms with Gasteiger partial charge in [-0.2, -0.15) is 0 Å². The fourth-order valence-electron chi connectivity index (χ4n) is 4.66. The van der Waals surface area contributed by atoms with E-state index in [4.69, 9.17) is 4.74 Å². The maximum absolute atomic E-state index is 13.4. The van der Waals surface area contributed by atoms with Crippen molar-refractivity contribution in [1.82, 2.24) is 4.90 Å². The van der Waals surface area contributed by atoms with E-state index in [0.29, 0.717) is 19.6 Å². The van der Waals surface area contributed by atoms with Crippen molar-refractivity contribution in [2.75, 3.05) is 13.1 Å². The number of unbranched alkanes of at least 4 members (excludes halogenated alkanes) is 1. The highest BCUT2D eigenvalue weighted by Gasteiger charge is 2.31. The number of likely N-dealkylation sites (tertiary alicyclic amines) is 1. The molecule has 3 aromatic rings. The van der Waals surface area contributed by atoms with Gasteiger partial charge in [-0.25, -0.2) is 4.39 Å². The number of hydrogen-bond donors (Lipinski definition) is 0. The van der Waals surface area contributed by atoms with Crippen LogP contribution >= 0.6 is 0 Å². The molecule has 5 heteroatoms. The van der Waals surface area contributed by atoms with E-state index < -0.39 is 6.09 Å². The monoisotopic (exact) mass is 434 g/mol. The molecular weight excluding hydrogens is 405 g/mol. The zero-order valence-electron chi connectivity index (χ0n) is 18.4. The maximum atomic E-state index is 13.4. The molecule has 0 aliphatic carbocycles. The van der Waals surface area contributed by atoms with Gasteiger partial charge < -0.3 is 19.5 Å². The molecule has 4 nitrogen and oxygen atoms in total. The van der Waals surface area contributed by atoms with Crippen LogP contribution in [0.1, 0.15) is 48.8 Å². The summed E-state index contributed by atoms with van der Waals surface area (Å²) in [5, 5.41) is 13.9. The molecule has 3 aromatic carbocycles. The highest BCUT2D eigenvalue weighted by atomic mass is 19.1. The summed E-state index contributed by atoms with van der Waals surface area (Å²) in [7, 11) is 0. The summed E-state index contributed by atoms with van der Waals surface area (Å²) in [6, 6.07) is 19.2. The molecule has 1 aliphatic heterocycles. The fraction of sp³-hybridized carbons (Fsp3) is 0.370. The van der Waals surface area contributed by atoms with Crippen molar-refractivity contribution in [3.8, 4) is 0 Å². The van der Waals surface area contributed by atoms with Gasteiger partial charge in [-0.05, 0) is 64.9 Å². The lowest BCUT2D eigenvalue weighted by atomic mass is 9.87. The van der Waals surface area contributed by atoms with Crippen LogP contribution in [0, 0.1) is 5.82 Å². The first kappa shape index (κ1) is 22.3. The van der Waals surface area contributed by atoms with Crippen LogP contribution in [-0.4, -0.2) is 30.2 Å². The lowest BCUT2D eigenvalue weighted by molar-refractivity contribution is -0.268. The van der Waals surface area contributed by atoms with E-state index in [1.54, 1.807) is 12.1 Å². The number of amides is 1. The number of aryl methyl sites for hydroxylation is 1. The molecule has 0 spiro atoms. The molecule has 2 atom stereocenters. The minimum Gasteiger partial charge on any atom is -0.530 e. The molecule has 0 saturated carbocycles. The summed E-state index contributed by atoms with van der Waals surface area (Å²) in [4.78, 5) is 12.8. The number of halogens is 1. The second kappa shape index (κ2) is 10.1. The predicted molar refractivity (Wildman–Crippen MR) is 122 cm³/mol.